The molecule has 1 aromatic carbocycles. The van der Waals surface area contributed by atoms with Gasteiger partial charge in [0.25, 0.3) is 0 Å². The third-order valence-corrected chi connectivity index (χ3v) is 2.70. The van der Waals surface area contributed by atoms with E-state index in [2.05, 4.69) is 5.43 Å². The van der Waals surface area contributed by atoms with Gasteiger partial charge in [-0.1, -0.05) is 17.7 Å². The van der Waals surface area contributed by atoms with Crippen LogP contribution in [0.3, 0.4) is 0 Å². The lowest BCUT2D eigenvalue weighted by molar-refractivity contribution is 0.621. The Balaban J connectivity index is 2.14. The van der Waals surface area contributed by atoms with E-state index in [1.54, 1.807) is 6.07 Å². The summed E-state index contributed by atoms with van der Waals surface area (Å²) in [7, 11) is 0. The van der Waals surface area contributed by atoms with E-state index in [0.29, 0.717) is 0 Å². The average Bonchev–Trinajstić information content (AvgIpc) is 2.74. The highest BCUT2D eigenvalue weighted by Gasteiger charge is 2.07. The minimum atomic E-state index is -0.389. The first-order chi connectivity index (χ1) is 7.66. The van der Waals surface area contributed by atoms with Gasteiger partial charge in [0.15, 0.2) is 0 Å². The minimum absolute atomic E-state index is 0.0131. The van der Waals surface area contributed by atoms with E-state index < -0.39 is 0 Å². The molecule has 1 unspecified atom stereocenters. The molecule has 0 saturated heterocycles. The lowest BCUT2D eigenvalue weighted by Crippen LogP contribution is -2.16. The van der Waals surface area contributed by atoms with Gasteiger partial charge in [-0.2, -0.15) is 0 Å². The fourth-order valence-corrected chi connectivity index (χ4v) is 1.62. The highest BCUT2D eigenvalue weighted by atomic mass is 35.5. The average molecular weight is 239 g/mol. The van der Waals surface area contributed by atoms with Crippen LogP contribution >= 0.6 is 11.6 Å². The van der Waals surface area contributed by atoms with Crippen LogP contribution in [-0.4, -0.2) is 4.68 Å². The zero-order chi connectivity index (χ0) is 11.5. The molecule has 0 spiro atoms. The van der Waals surface area contributed by atoms with Crippen molar-refractivity contribution in [2.24, 2.45) is 0 Å². The van der Waals surface area contributed by atoms with Crippen molar-refractivity contribution in [3.8, 4) is 0 Å². The summed E-state index contributed by atoms with van der Waals surface area (Å²) in [5, 5.41) is 0.150. The molecule has 2 rings (SSSR count). The van der Waals surface area contributed by atoms with Gasteiger partial charge in [0, 0.05) is 12.4 Å². The molecular weight excluding hydrogens is 227 g/mol. The van der Waals surface area contributed by atoms with E-state index in [0.717, 1.165) is 5.56 Å². The smallest absolute Gasteiger partial charge is 0.142 e. The van der Waals surface area contributed by atoms with Gasteiger partial charge in [0.05, 0.1) is 11.1 Å². The Morgan fingerprint density at radius 2 is 2.00 bits per heavy atom. The predicted octanol–water partition coefficient (Wildman–Crippen LogP) is 3.59. The molecule has 2 aromatic rings. The van der Waals surface area contributed by atoms with Crippen LogP contribution in [0.15, 0.2) is 42.7 Å². The molecule has 16 heavy (non-hydrogen) atoms. The van der Waals surface area contributed by atoms with E-state index in [4.69, 9.17) is 11.6 Å². The van der Waals surface area contributed by atoms with Gasteiger partial charge in [0.2, 0.25) is 0 Å². The van der Waals surface area contributed by atoms with Crippen LogP contribution in [-0.2, 0) is 0 Å². The zero-order valence-corrected chi connectivity index (χ0v) is 9.58. The van der Waals surface area contributed by atoms with E-state index in [-0.39, 0.29) is 16.9 Å². The summed E-state index contributed by atoms with van der Waals surface area (Å²) in [6.45, 7) is 1.96. The Morgan fingerprint density at radius 3 is 2.62 bits per heavy atom. The SMILES string of the molecule is CC(Nn1cccc1)c1ccc(Cl)c(F)c1. The molecule has 2 nitrogen and oxygen atoms in total. The number of halogens is 2. The van der Waals surface area contributed by atoms with E-state index >= 15 is 0 Å². The quantitative estimate of drug-likeness (QED) is 0.865. The molecule has 0 aliphatic heterocycles. The molecule has 0 bridgehead atoms. The van der Waals surface area contributed by atoms with E-state index in [1.807, 2.05) is 42.2 Å². The van der Waals surface area contributed by atoms with Crippen LogP contribution in [0, 0.1) is 5.82 Å². The second-order valence-corrected chi connectivity index (χ2v) is 4.02. The number of nitrogens with one attached hydrogen (secondary N) is 1. The van der Waals surface area contributed by atoms with E-state index in [1.165, 1.54) is 6.07 Å². The summed E-state index contributed by atoms with van der Waals surface area (Å²) in [4.78, 5) is 0. The molecule has 4 heteroatoms. The van der Waals surface area contributed by atoms with E-state index in [9.17, 15) is 4.39 Å². The second-order valence-electron chi connectivity index (χ2n) is 3.61. The molecule has 0 amide bonds. The van der Waals surface area contributed by atoms with Crippen LogP contribution < -0.4 is 5.43 Å². The van der Waals surface area contributed by atoms with Gasteiger partial charge in [0.1, 0.15) is 5.82 Å². The Morgan fingerprint density at radius 1 is 1.31 bits per heavy atom. The van der Waals surface area contributed by atoms with Gasteiger partial charge in [-0.15, -0.1) is 0 Å². The molecule has 1 atom stereocenters. The monoisotopic (exact) mass is 238 g/mol. The lowest BCUT2D eigenvalue weighted by atomic mass is 10.1. The number of hydrogen-bond acceptors (Lipinski definition) is 1. The Bertz CT molecular complexity index is 468. The normalized spacial score (nSPS) is 12.4. The Labute approximate surface area is 98.6 Å². The number of nitrogens with zero attached hydrogens (tertiary/aromatic N) is 1. The summed E-state index contributed by atoms with van der Waals surface area (Å²) in [5.41, 5.74) is 4.05. The van der Waals surface area contributed by atoms with Crippen LogP contribution in [0.25, 0.3) is 0 Å². The molecule has 1 N–H and O–H groups in total. The lowest BCUT2D eigenvalue weighted by Gasteiger charge is -2.16. The summed E-state index contributed by atoms with van der Waals surface area (Å²) >= 11 is 5.63. The maximum Gasteiger partial charge on any atom is 0.142 e. The number of benzene rings is 1. The van der Waals surface area contributed by atoms with Gasteiger partial charge in [-0.05, 0) is 36.8 Å². The number of aromatic nitrogens is 1. The molecule has 0 aliphatic carbocycles. The molecule has 1 heterocycles. The van der Waals surface area contributed by atoms with Crippen molar-refractivity contribution >= 4 is 11.6 Å². The van der Waals surface area contributed by atoms with Crippen LogP contribution in [0.2, 0.25) is 5.02 Å². The van der Waals surface area contributed by atoms with Gasteiger partial charge in [-0.25, -0.2) is 4.39 Å². The summed E-state index contributed by atoms with van der Waals surface area (Å²) in [6, 6.07) is 8.68. The molecule has 84 valence electrons. The van der Waals surface area contributed by atoms with Crippen LogP contribution in [0.1, 0.15) is 18.5 Å². The number of hydrogen-bond donors (Lipinski definition) is 1. The van der Waals surface area contributed by atoms with Crippen molar-refractivity contribution in [2.75, 3.05) is 5.43 Å². The summed E-state index contributed by atoms with van der Waals surface area (Å²) in [6.07, 6.45) is 3.78. The largest absolute Gasteiger partial charge is 0.319 e. The van der Waals surface area contributed by atoms with Crippen molar-refractivity contribution in [2.45, 2.75) is 13.0 Å². The van der Waals surface area contributed by atoms with Crippen LogP contribution in [0.5, 0.6) is 0 Å². The zero-order valence-electron chi connectivity index (χ0n) is 8.82. The molecule has 0 radical (unpaired) electrons. The first-order valence-corrected chi connectivity index (χ1v) is 5.39. The molecule has 0 aliphatic rings. The molecule has 0 saturated carbocycles. The third-order valence-electron chi connectivity index (χ3n) is 2.39. The Kier molecular flexibility index (Phi) is 3.15. The van der Waals surface area contributed by atoms with Gasteiger partial charge >= 0.3 is 0 Å². The highest BCUT2D eigenvalue weighted by Crippen LogP contribution is 2.20. The standard InChI is InChI=1S/C12H12ClFN2/c1-9(15-16-6-2-3-7-16)10-4-5-11(13)12(14)8-10/h2-9,15H,1H3. The predicted molar refractivity (Wildman–Crippen MR) is 63.6 cm³/mol. The third kappa shape index (κ3) is 2.36. The van der Waals surface area contributed by atoms with Crippen molar-refractivity contribution in [3.05, 3.63) is 59.1 Å². The minimum Gasteiger partial charge on any atom is -0.319 e. The van der Waals surface area contributed by atoms with Gasteiger partial charge < -0.3 is 5.43 Å². The van der Waals surface area contributed by atoms with Crippen molar-refractivity contribution in [3.63, 3.8) is 0 Å². The first kappa shape index (κ1) is 11.0. The summed E-state index contributed by atoms with van der Waals surface area (Å²) < 4.78 is 15.1. The molecular formula is C12H12ClFN2. The van der Waals surface area contributed by atoms with Crippen LogP contribution in [0.4, 0.5) is 4.39 Å². The van der Waals surface area contributed by atoms with Crippen molar-refractivity contribution in [1.29, 1.82) is 0 Å². The summed E-state index contributed by atoms with van der Waals surface area (Å²) in [5.74, 6) is -0.389. The highest BCUT2D eigenvalue weighted by molar-refractivity contribution is 6.30. The maximum atomic E-state index is 13.3. The van der Waals surface area contributed by atoms with Gasteiger partial charge in [-0.3, -0.25) is 4.68 Å². The second kappa shape index (κ2) is 4.58. The molecule has 0 fully saturated rings. The fraction of sp³-hybridized carbons (Fsp3) is 0.167. The number of rotatable bonds is 3. The van der Waals surface area contributed by atoms with Crippen molar-refractivity contribution in [1.82, 2.24) is 4.68 Å². The maximum absolute atomic E-state index is 13.3. The topological polar surface area (TPSA) is 17.0 Å². The Hall–Kier alpha value is -1.48. The fourth-order valence-electron chi connectivity index (χ4n) is 1.50. The first-order valence-electron chi connectivity index (χ1n) is 5.01. The van der Waals surface area contributed by atoms with Crippen molar-refractivity contribution < 1.29 is 4.39 Å². The molecule has 1 aromatic heterocycles.